The maximum Gasteiger partial charge on any atom is 0.239 e. The number of hydrogen-bond acceptors (Lipinski definition) is 4. The zero-order valence-corrected chi connectivity index (χ0v) is 8.95. The molecular formula is C10H19N3O2. The van der Waals surface area contributed by atoms with Gasteiger partial charge in [-0.15, -0.1) is 0 Å². The van der Waals surface area contributed by atoms with Crippen molar-refractivity contribution in [3.63, 3.8) is 0 Å². The van der Waals surface area contributed by atoms with Crippen LogP contribution in [0.2, 0.25) is 0 Å². The summed E-state index contributed by atoms with van der Waals surface area (Å²) in [4.78, 5) is 13.6. The van der Waals surface area contributed by atoms with Crippen molar-refractivity contribution in [1.82, 2.24) is 4.90 Å². The molecule has 0 bridgehead atoms. The maximum absolute atomic E-state index is 11.4. The van der Waals surface area contributed by atoms with E-state index in [0.717, 1.165) is 39.1 Å². The Morgan fingerprint density at radius 1 is 1.40 bits per heavy atom. The van der Waals surface area contributed by atoms with Crippen LogP contribution in [0, 0.1) is 5.92 Å². The lowest BCUT2D eigenvalue weighted by atomic mass is 9.93. The van der Waals surface area contributed by atoms with Crippen LogP contribution in [0.15, 0.2) is 0 Å². The summed E-state index contributed by atoms with van der Waals surface area (Å²) in [5, 5.41) is 0. The van der Waals surface area contributed by atoms with Crippen LogP contribution in [0.1, 0.15) is 12.8 Å². The van der Waals surface area contributed by atoms with Crippen molar-refractivity contribution in [3.8, 4) is 0 Å². The molecule has 1 amide bonds. The normalized spacial score (nSPS) is 27.3. The molecule has 86 valence electrons. The first kappa shape index (κ1) is 10.9. The van der Waals surface area contributed by atoms with Crippen molar-refractivity contribution in [2.45, 2.75) is 18.4 Å². The topological polar surface area (TPSA) is 81.6 Å². The van der Waals surface area contributed by atoms with Crippen LogP contribution in [-0.2, 0) is 9.53 Å². The van der Waals surface area contributed by atoms with Gasteiger partial charge in [0.2, 0.25) is 5.91 Å². The molecule has 1 saturated carbocycles. The van der Waals surface area contributed by atoms with Crippen LogP contribution in [0.3, 0.4) is 0 Å². The molecule has 0 aromatic carbocycles. The molecule has 1 aliphatic carbocycles. The molecule has 0 aromatic heterocycles. The Morgan fingerprint density at radius 2 is 2.00 bits per heavy atom. The number of hydrogen-bond donors (Lipinski definition) is 2. The second-order valence-electron chi connectivity index (χ2n) is 4.57. The zero-order chi connectivity index (χ0) is 10.9. The lowest BCUT2D eigenvalue weighted by Crippen LogP contribution is -2.61. The number of carbonyl (C=O) groups excluding carboxylic acids is 1. The first-order valence-electron chi connectivity index (χ1n) is 5.52. The standard InChI is InChI=1S/C10H19N3O2/c11-9(14)10(12,8-1-2-8)7-13-3-5-15-6-4-13/h8H,1-7,12H2,(H2,11,14). The lowest BCUT2D eigenvalue weighted by Gasteiger charge is -2.35. The third-order valence-corrected chi connectivity index (χ3v) is 3.35. The molecule has 0 radical (unpaired) electrons. The highest BCUT2D eigenvalue weighted by atomic mass is 16.5. The van der Waals surface area contributed by atoms with Crippen molar-refractivity contribution < 1.29 is 9.53 Å². The first-order valence-corrected chi connectivity index (χ1v) is 5.52. The summed E-state index contributed by atoms with van der Waals surface area (Å²) < 4.78 is 5.25. The molecular weight excluding hydrogens is 194 g/mol. The minimum Gasteiger partial charge on any atom is -0.379 e. The Labute approximate surface area is 89.7 Å². The molecule has 1 heterocycles. The van der Waals surface area contributed by atoms with E-state index in [9.17, 15) is 4.79 Å². The van der Waals surface area contributed by atoms with E-state index in [1.165, 1.54) is 0 Å². The molecule has 1 unspecified atom stereocenters. The Balaban J connectivity index is 1.96. The molecule has 0 aromatic rings. The van der Waals surface area contributed by atoms with E-state index < -0.39 is 5.54 Å². The minimum absolute atomic E-state index is 0.290. The highest BCUT2D eigenvalue weighted by molar-refractivity contribution is 5.85. The van der Waals surface area contributed by atoms with Crippen LogP contribution < -0.4 is 11.5 Å². The summed E-state index contributed by atoms with van der Waals surface area (Å²) in [5.41, 5.74) is 10.7. The van der Waals surface area contributed by atoms with Crippen molar-refractivity contribution in [2.24, 2.45) is 17.4 Å². The van der Waals surface area contributed by atoms with E-state index >= 15 is 0 Å². The number of rotatable bonds is 4. The number of carbonyl (C=O) groups is 1. The van der Waals surface area contributed by atoms with Gasteiger partial charge in [-0.2, -0.15) is 0 Å². The predicted octanol–water partition coefficient (Wildman–Crippen LogP) is -1.09. The molecule has 4 N–H and O–H groups in total. The molecule has 2 rings (SSSR count). The SMILES string of the molecule is NC(=O)C(N)(CN1CCOCC1)C1CC1. The largest absolute Gasteiger partial charge is 0.379 e. The number of nitrogens with two attached hydrogens (primary N) is 2. The van der Waals surface area contributed by atoms with Gasteiger partial charge in [0.1, 0.15) is 5.54 Å². The van der Waals surface area contributed by atoms with Gasteiger partial charge in [-0.25, -0.2) is 0 Å². The van der Waals surface area contributed by atoms with Gasteiger partial charge in [0.15, 0.2) is 0 Å². The third-order valence-electron chi connectivity index (χ3n) is 3.35. The second kappa shape index (κ2) is 4.08. The zero-order valence-electron chi connectivity index (χ0n) is 8.95. The molecule has 15 heavy (non-hydrogen) atoms. The fraction of sp³-hybridized carbons (Fsp3) is 0.900. The van der Waals surface area contributed by atoms with Gasteiger partial charge in [-0.3, -0.25) is 9.69 Å². The Kier molecular flexibility index (Phi) is 2.95. The van der Waals surface area contributed by atoms with Gasteiger partial charge in [0, 0.05) is 19.6 Å². The quantitative estimate of drug-likeness (QED) is 0.622. The van der Waals surface area contributed by atoms with Crippen LogP contribution in [0.5, 0.6) is 0 Å². The van der Waals surface area contributed by atoms with Crippen LogP contribution in [0.4, 0.5) is 0 Å². The van der Waals surface area contributed by atoms with E-state index in [4.69, 9.17) is 16.2 Å². The van der Waals surface area contributed by atoms with E-state index in [1.54, 1.807) is 0 Å². The predicted molar refractivity (Wildman–Crippen MR) is 56.1 cm³/mol. The first-order chi connectivity index (χ1) is 7.13. The van der Waals surface area contributed by atoms with Crippen molar-refractivity contribution >= 4 is 5.91 Å². The van der Waals surface area contributed by atoms with Gasteiger partial charge in [0.25, 0.3) is 0 Å². The Morgan fingerprint density at radius 3 is 2.47 bits per heavy atom. The Hall–Kier alpha value is -0.650. The summed E-state index contributed by atoms with van der Waals surface area (Å²) in [6.07, 6.45) is 2.06. The van der Waals surface area contributed by atoms with Gasteiger partial charge in [-0.1, -0.05) is 0 Å². The Bertz CT molecular complexity index is 249. The highest BCUT2D eigenvalue weighted by Gasteiger charge is 2.47. The van der Waals surface area contributed by atoms with Crippen LogP contribution >= 0.6 is 0 Å². The molecule has 1 atom stereocenters. The van der Waals surface area contributed by atoms with Gasteiger partial charge in [0.05, 0.1) is 13.2 Å². The van der Waals surface area contributed by atoms with E-state index in [1.807, 2.05) is 0 Å². The van der Waals surface area contributed by atoms with Gasteiger partial charge < -0.3 is 16.2 Å². The smallest absolute Gasteiger partial charge is 0.239 e. The fourth-order valence-corrected chi connectivity index (χ4v) is 2.14. The number of primary amides is 1. The lowest BCUT2D eigenvalue weighted by molar-refractivity contribution is -0.125. The molecule has 1 saturated heterocycles. The highest BCUT2D eigenvalue weighted by Crippen LogP contribution is 2.38. The van der Waals surface area contributed by atoms with E-state index in [-0.39, 0.29) is 11.8 Å². The number of ether oxygens (including phenoxy) is 1. The van der Waals surface area contributed by atoms with Crippen molar-refractivity contribution in [1.29, 1.82) is 0 Å². The van der Waals surface area contributed by atoms with Gasteiger partial charge in [-0.05, 0) is 18.8 Å². The van der Waals surface area contributed by atoms with E-state index in [0.29, 0.717) is 6.54 Å². The molecule has 2 fully saturated rings. The third kappa shape index (κ3) is 2.30. The average molecular weight is 213 g/mol. The van der Waals surface area contributed by atoms with Crippen LogP contribution in [-0.4, -0.2) is 49.2 Å². The molecule has 5 heteroatoms. The summed E-state index contributed by atoms with van der Waals surface area (Å²) in [7, 11) is 0. The minimum atomic E-state index is -0.822. The molecule has 2 aliphatic rings. The molecule has 0 spiro atoms. The van der Waals surface area contributed by atoms with Gasteiger partial charge >= 0.3 is 0 Å². The molecule has 1 aliphatic heterocycles. The maximum atomic E-state index is 11.4. The van der Waals surface area contributed by atoms with Crippen molar-refractivity contribution in [3.05, 3.63) is 0 Å². The van der Waals surface area contributed by atoms with Crippen molar-refractivity contribution in [2.75, 3.05) is 32.8 Å². The average Bonchev–Trinajstić information content (AvgIpc) is 3.02. The number of nitrogens with zero attached hydrogens (tertiary/aromatic N) is 1. The van der Waals surface area contributed by atoms with E-state index in [2.05, 4.69) is 4.90 Å². The van der Waals surface area contributed by atoms with Crippen LogP contribution in [0.25, 0.3) is 0 Å². The second-order valence-corrected chi connectivity index (χ2v) is 4.57. The summed E-state index contributed by atoms with van der Waals surface area (Å²) in [5.74, 6) is -0.0747. The summed E-state index contributed by atoms with van der Waals surface area (Å²) in [6.45, 7) is 3.72. The fourth-order valence-electron chi connectivity index (χ4n) is 2.14. The molecule has 5 nitrogen and oxygen atoms in total. The summed E-state index contributed by atoms with van der Waals surface area (Å²) in [6, 6.07) is 0. The number of amides is 1. The summed E-state index contributed by atoms with van der Waals surface area (Å²) >= 11 is 0. The number of morpholine rings is 1. The monoisotopic (exact) mass is 213 g/mol.